The Labute approximate surface area is 251 Å². The van der Waals surface area contributed by atoms with Gasteiger partial charge in [0.1, 0.15) is 9.81 Å². The topological polar surface area (TPSA) is 43.4 Å². The van der Waals surface area contributed by atoms with Crippen molar-refractivity contribution >= 4 is 35.5 Å². The molecule has 0 aromatic rings. The molecular weight excluding hydrogens is 521 g/mol. The lowest BCUT2D eigenvalue weighted by Crippen LogP contribution is -2.01. The van der Waals surface area contributed by atoms with Gasteiger partial charge in [-0.3, -0.25) is 0 Å². The molecule has 0 amide bonds. The van der Waals surface area contributed by atoms with Crippen molar-refractivity contribution in [2.24, 2.45) is 0 Å². The largest absolute Gasteiger partial charge is 0.385 e. The molecule has 0 saturated carbocycles. The second-order valence-corrected chi connectivity index (χ2v) is 13.7. The van der Waals surface area contributed by atoms with Crippen LogP contribution in [0.3, 0.4) is 0 Å². The van der Waals surface area contributed by atoms with E-state index in [4.69, 9.17) is 4.74 Å². The smallest absolute Gasteiger partial charge is 0.353 e. The number of carbonyl (C=O) groups excluding carboxylic acids is 2. The number of hydrogen-bond acceptors (Lipinski definition) is 5. The first-order valence-electron chi connectivity index (χ1n) is 17.0. The Morgan fingerprint density at radius 1 is 0.385 bits per heavy atom. The Morgan fingerprint density at radius 3 is 0.872 bits per heavy atom. The minimum Gasteiger partial charge on any atom is -0.385 e. The van der Waals surface area contributed by atoms with Gasteiger partial charge in [0.25, 0.3) is 0 Å². The second kappa shape index (κ2) is 27.7. The van der Waals surface area contributed by atoms with Crippen LogP contribution in [0.25, 0.3) is 0 Å². The van der Waals surface area contributed by atoms with Crippen LogP contribution in [0.5, 0.6) is 0 Å². The van der Waals surface area contributed by atoms with E-state index in [9.17, 15) is 9.59 Å². The van der Waals surface area contributed by atoms with Crippen LogP contribution >= 0.6 is 23.5 Å². The van der Waals surface area contributed by atoms with Crippen LogP contribution < -0.4 is 0 Å². The number of hydrogen-bond donors (Lipinski definition) is 0. The number of carbonyl (C=O) groups is 2. The van der Waals surface area contributed by atoms with Crippen molar-refractivity contribution < 1.29 is 14.3 Å². The normalized spacial score (nSPS) is 13.6. The monoisotopic (exact) mass is 582 g/mol. The summed E-state index contributed by atoms with van der Waals surface area (Å²) in [6.07, 6.45) is 34.8. The molecule has 0 unspecified atom stereocenters. The fourth-order valence-corrected chi connectivity index (χ4v) is 7.41. The van der Waals surface area contributed by atoms with Crippen molar-refractivity contribution in [2.45, 2.75) is 181 Å². The second-order valence-electron chi connectivity index (χ2n) is 11.5. The van der Waals surface area contributed by atoms with Gasteiger partial charge in [-0.2, -0.15) is 0 Å². The van der Waals surface area contributed by atoms with E-state index in [1.54, 1.807) is 0 Å². The Morgan fingerprint density at radius 2 is 0.615 bits per heavy atom. The van der Waals surface area contributed by atoms with Crippen LogP contribution in [-0.4, -0.2) is 23.4 Å². The first-order valence-corrected chi connectivity index (χ1v) is 18.9. The molecule has 0 aliphatic carbocycles. The van der Waals surface area contributed by atoms with Gasteiger partial charge in [-0.15, -0.1) is 23.5 Å². The predicted molar refractivity (Wildman–Crippen MR) is 174 cm³/mol. The molecule has 0 saturated heterocycles. The summed E-state index contributed by atoms with van der Waals surface area (Å²) in [6, 6.07) is 0. The summed E-state index contributed by atoms with van der Waals surface area (Å²) in [5, 5.41) is 0. The van der Waals surface area contributed by atoms with Gasteiger partial charge in [0.05, 0.1) is 0 Å². The van der Waals surface area contributed by atoms with E-state index in [-0.39, 0.29) is 0 Å². The number of thioether (sulfide) groups is 2. The van der Waals surface area contributed by atoms with Crippen molar-refractivity contribution in [3.63, 3.8) is 0 Å². The third-order valence-corrected chi connectivity index (χ3v) is 10.2. The van der Waals surface area contributed by atoms with Crippen LogP contribution in [0.2, 0.25) is 0 Å². The highest BCUT2D eigenvalue weighted by atomic mass is 32.2. The van der Waals surface area contributed by atoms with E-state index in [0.717, 1.165) is 24.3 Å². The van der Waals surface area contributed by atoms with Crippen LogP contribution in [0, 0.1) is 0 Å². The molecule has 0 radical (unpaired) electrons. The third kappa shape index (κ3) is 21.0. The Bertz CT molecular complexity index is 580. The molecule has 3 nitrogen and oxygen atoms in total. The number of cyclic esters (lactones) is 2. The van der Waals surface area contributed by atoms with E-state index in [0.29, 0.717) is 9.81 Å². The van der Waals surface area contributed by atoms with Crippen LogP contribution in [-0.2, 0) is 14.3 Å². The average molecular weight is 583 g/mol. The lowest BCUT2D eigenvalue weighted by atomic mass is 10.1. The molecule has 5 heteroatoms. The maximum absolute atomic E-state index is 12.2. The molecule has 0 fully saturated rings. The van der Waals surface area contributed by atoms with Gasteiger partial charge in [0.2, 0.25) is 0 Å². The number of rotatable bonds is 30. The van der Waals surface area contributed by atoms with Gasteiger partial charge in [-0.25, -0.2) is 9.59 Å². The number of esters is 2. The molecule has 0 bridgehead atoms. The van der Waals surface area contributed by atoms with Gasteiger partial charge in [0, 0.05) is 0 Å². The molecule has 228 valence electrons. The summed E-state index contributed by atoms with van der Waals surface area (Å²) < 4.78 is 4.93. The minimum absolute atomic E-state index is 0.424. The van der Waals surface area contributed by atoms with Gasteiger partial charge in [-0.05, 0) is 24.3 Å². The van der Waals surface area contributed by atoms with Crippen molar-refractivity contribution in [1.82, 2.24) is 0 Å². The van der Waals surface area contributed by atoms with Crippen molar-refractivity contribution in [3.05, 3.63) is 9.81 Å². The minimum atomic E-state index is -0.424. The summed E-state index contributed by atoms with van der Waals surface area (Å²) in [5.74, 6) is 0.955. The lowest BCUT2D eigenvalue weighted by molar-refractivity contribution is -0.150. The molecular formula is C34H62O3S2. The van der Waals surface area contributed by atoms with Gasteiger partial charge in [-0.1, -0.05) is 168 Å². The maximum Gasteiger partial charge on any atom is 0.353 e. The molecule has 0 aromatic heterocycles. The third-order valence-electron chi connectivity index (χ3n) is 7.75. The summed E-state index contributed by atoms with van der Waals surface area (Å²) in [4.78, 5) is 25.5. The quantitative estimate of drug-likeness (QED) is 0.0478. The van der Waals surface area contributed by atoms with Crippen LogP contribution in [0.15, 0.2) is 9.81 Å². The van der Waals surface area contributed by atoms with E-state index < -0.39 is 11.9 Å². The zero-order valence-electron chi connectivity index (χ0n) is 25.8. The maximum atomic E-state index is 12.2. The molecule has 1 aliphatic rings. The first-order chi connectivity index (χ1) is 19.2. The number of ether oxygens (including phenoxy) is 1. The van der Waals surface area contributed by atoms with E-state index in [2.05, 4.69) is 13.8 Å². The van der Waals surface area contributed by atoms with Crippen molar-refractivity contribution in [3.8, 4) is 0 Å². The molecule has 1 heterocycles. The fourth-order valence-electron chi connectivity index (χ4n) is 5.20. The lowest BCUT2D eigenvalue weighted by Gasteiger charge is -2.05. The Balaban J connectivity index is 2.00. The highest BCUT2D eigenvalue weighted by molar-refractivity contribution is 8.08. The van der Waals surface area contributed by atoms with Crippen molar-refractivity contribution in [1.29, 1.82) is 0 Å². The molecule has 0 spiro atoms. The van der Waals surface area contributed by atoms with Crippen LogP contribution in [0.4, 0.5) is 0 Å². The van der Waals surface area contributed by atoms with Crippen molar-refractivity contribution in [2.75, 3.05) is 11.5 Å². The summed E-state index contributed by atoms with van der Waals surface area (Å²) in [7, 11) is 0. The van der Waals surface area contributed by atoms with E-state index in [1.165, 1.54) is 178 Å². The summed E-state index contributed by atoms with van der Waals surface area (Å²) in [6.45, 7) is 4.55. The summed E-state index contributed by atoms with van der Waals surface area (Å²) >= 11 is 3.07. The highest BCUT2D eigenvalue weighted by Gasteiger charge is 2.33. The number of unbranched alkanes of at least 4 members (excludes halogenated alkanes) is 24. The Hall–Kier alpha value is -0.420. The van der Waals surface area contributed by atoms with E-state index >= 15 is 0 Å². The molecule has 0 atom stereocenters. The zero-order valence-corrected chi connectivity index (χ0v) is 27.5. The highest BCUT2D eigenvalue weighted by Crippen LogP contribution is 2.36. The predicted octanol–water partition coefficient (Wildman–Crippen LogP) is 11.9. The molecule has 1 aliphatic heterocycles. The van der Waals surface area contributed by atoms with Gasteiger partial charge < -0.3 is 4.74 Å². The molecule has 0 aromatic carbocycles. The molecule has 0 N–H and O–H groups in total. The Kier molecular flexibility index (Phi) is 26.0. The van der Waals surface area contributed by atoms with Gasteiger partial charge in [0.15, 0.2) is 0 Å². The standard InChI is InChI=1S/C34H62O3S2/c1-3-5-7-9-11-13-15-17-19-21-23-25-27-29-38-31-32(34(36)37-33(31)35)39-30-28-26-24-22-20-18-16-14-12-10-8-6-4-2/h3-30H2,1-2H3. The van der Waals surface area contributed by atoms with Crippen LogP contribution in [0.1, 0.15) is 181 Å². The molecule has 1 rings (SSSR count). The first kappa shape index (κ1) is 36.6. The fraction of sp³-hybridized carbons (Fsp3) is 0.882. The SMILES string of the molecule is CCCCCCCCCCCCCCCSC1=C(SCCCCCCCCCCCCCCC)C(=O)OC1=O. The zero-order chi connectivity index (χ0) is 28.2. The van der Waals surface area contributed by atoms with E-state index in [1.807, 2.05) is 0 Å². The average Bonchev–Trinajstić information content (AvgIpc) is 3.20. The van der Waals surface area contributed by atoms with Gasteiger partial charge >= 0.3 is 11.9 Å². The summed E-state index contributed by atoms with van der Waals surface area (Å²) in [5.41, 5.74) is 0. The molecule has 39 heavy (non-hydrogen) atoms.